The van der Waals surface area contributed by atoms with Crippen LogP contribution in [0.25, 0.3) is 0 Å². The topological polar surface area (TPSA) is 50.7 Å². The number of aliphatic hydroxyl groups is 1. The fourth-order valence-electron chi connectivity index (χ4n) is 2.89. The molecule has 0 aliphatic rings. The molecule has 3 aromatic carbocycles. The summed E-state index contributed by atoms with van der Waals surface area (Å²) in [7, 11) is 1.64. The largest absolute Gasteiger partial charge is 0.493 e. The van der Waals surface area contributed by atoms with Crippen molar-refractivity contribution in [1.29, 1.82) is 0 Å². The Bertz CT molecular complexity index is 828. The summed E-state index contributed by atoms with van der Waals surface area (Å²) in [6, 6.07) is 25.5. The van der Waals surface area contributed by atoms with E-state index in [0.29, 0.717) is 25.4 Å². The summed E-state index contributed by atoms with van der Waals surface area (Å²) in [6.45, 7) is 1.51. The molecule has 0 bridgehead atoms. The number of halogens is 1. The Labute approximate surface area is 172 Å². The number of nitrogens with one attached hydrogen (secondary N) is 1. The van der Waals surface area contributed by atoms with Gasteiger partial charge in [0.25, 0.3) is 0 Å². The summed E-state index contributed by atoms with van der Waals surface area (Å²) < 4.78 is 11.5. The highest BCUT2D eigenvalue weighted by Crippen LogP contribution is 2.32. The molecule has 0 saturated carbocycles. The zero-order valence-electron chi connectivity index (χ0n) is 15.9. The number of methoxy groups -OCH3 is 1. The molecule has 0 aliphatic carbocycles. The molecule has 5 heteroatoms. The lowest BCUT2D eigenvalue weighted by Gasteiger charge is -2.17. The lowest BCUT2D eigenvalue weighted by atomic mass is 10.1. The van der Waals surface area contributed by atoms with Crippen molar-refractivity contribution in [3.63, 3.8) is 0 Å². The first-order valence-corrected chi connectivity index (χ1v) is 9.04. The van der Waals surface area contributed by atoms with E-state index in [1.54, 1.807) is 7.11 Å². The van der Waals surface area contributed by atoms with Crippen LogP contribution in [0, 0.1) is 0 Å². The predicted octanol–water partition coefficient (Wildman–Crippen LogP) is 4.52. The molecule has 0 heterocycles. The Morgan fingerprint density at radius 1 is 0.893 bits per heavy atom. The monoisotopic (exact) mass is 399 g/mol. The van der Waals surface area contributed by atoms with Gasteiger partial charge in [0.1, 0.15) is 6.61 Å². The SMILES string of the molecule is COc1cccc(CNCC(O)c2ccccc2)c1OCc1ccccc1.Cl. The second-order valence-corrected chi connectivity index (χ2v) is 6.28. The quantitative estimate of drug-likeness (QED) is 0.555. The van der Waals surface area contributed by atoms with Gasteiger partial charge >= 0.3 is 0 Å². The van der Waals surface area contributed by atoms with Crippen LogP contribution in [0.4, 0.5) is 0 Å². The Balaban J connectivity index is 0.00000280. The van der Waals surface area contributed by atoms with Crippen LogP contribution in [-0.2, 0) is 13.2 Å². The molecule has 0 amide bonds. The Hall–Kier alpha value is -2.53. The van der Waals surface area contributed by atoms with Gasteiger partial charge in [-0.15, -0.1) is 12.4 Å². The lowest BCUT2D eigenvalue weighted by Crippen LogP contribution is -2.21. The summed E-state index contributed by atoms with van der Waals surface area (Å²) in [6.07, 6.45) is -0.550. The van der Waals surface area contributed by atoms with E-state index in [1.807, 2.05) is 78.9 Å². The fraction of sp³-hybridized carbons (Fsp3) is 0.217. The first kappa shape index (κ1) is 21.8. The minimum Gasteiger partial charge on any atom is -0.493 e. The smallest absolute Gasteiger partial charge is 0.166 e. The summed E-state index contributed by atoms with van der Waals surface area (Å²) in [5.41, 5.74) is 2.99. The van der Waals surface area contributed by atoms with Crippen LogP contribution in [-0.4, -0.2) is 18.8 Å². The normalized spacial score (nSPS) is 11.4. The predicted molar refractivity (Wildman–Crippen MR) is 114 cm³/mol. The zero-order chi connectivity index (χ0) is 18.9. The third-order valence-electron chi connectivity index (χ3n) is 4.34. The van der Waals surface area contributed by atoms with Crippen molar-refractivity contribution in [2.45, 2.75) is 19.3 Å². The van der Waals surface area contributed by atoms with Crippen molar-refractivity contribution >= 4 is 12.4 Å². The summed E-state index contributed by atoms with van der Waals surface area (Å²) in [4.78, 5) is 0. The molecule has 0 radical (unpaired) electrons. The summed E-state index contributed by atoms with van der Waals surface area (Å²) >= 11 is 0. The van der Waals surface area contributed by atoms with Crippen molar-refractivity contribution in [3.05, 3.63) is 95.6 Å². The van der Waals surface area contributed by atoms with E-state index in [-0.39, 0.29) is 12.4 Å². The van der Waals surface area contributed by atoms with E-state index in [0.717, 1.165) is 22.4 Å². The molecule has 1 atom stereocenters. The van der Waals surface area contributed by atoms with Gasteiger partial charge in [0.2, 0.25) is 0 Å². The lowest BCUT2D eigenvalue weighted by molar-refractivity contribution is 0.174. The molecule has 28 heavy (non-hydrogen) atoms. The average Bonchev–Trinajstić information content (AvgIpc) is 2.73. The third-order valence-corrected chi connectivity index (χ3v) is 4.34. The minimum absolute atomic E-state index is 0. The highest BCUT2D eigenvalue weighted by molar-refractivity contribution is 5.85. The van der Waals surface area contributed by atoms with Crippen LogP contribution in [0.5, 0.6) is 11.5 Å². The number of aliphatic hydroxyl groups excluding tert-OH is 1. The Morgan fingerprint density at radius 3 is 2.25 bits per heavy atom. The van der Waals surface area contributed by atoms with E-state index in [1.165, 1.54) is 0 Å². The number of rotatable bonds is 9. The first-order valence-electron chi connectivity index (χ1n) is 9.04. The van der Waals surface area contributed by atoms with Crippen LogP contribution < -0.4 is 14.8 Å². The van der Waals surface area contributed by atoms with Gasteiger partial charge in [0.05, 0.1) is 13.2 Å². The average molecular weight is 400 g/mol. The Morgan fingerprint density at radius 2 is 1.57 bits per heavy atom. The van der Waals surface area contributed by atoms with Crippen molar-refractivity contribution < 1.29 is 14.6 Å². The number of hydrogen-bond acceptors (Lipinski definition) is 4. The van der Waals surface area contributed by atoms with E-state index in [4.69, 9.17) is 9.47 Å². The highest BCUT2D eigenvalue weighted by Gasteiger charge is 2.12. The zero-order valence-corrected chi connectivity index (χ0v) is 16.7. The van der Waals surface area contributed by atoms with E-state index in [2.05, 4.69) is 5.32 Å². The number of hydrogen-bond donors (Lipinski definition) is 2. The molecule has 0 aromatic heterocycles. The van der Waals surface area contributed by atoms with Gasteiger partial charge in [0.15, 0.2) is 11.5 Å². The molecule has 0 saturated heterocycles. The van der Waals surface area contributed by atoms with Crippen molar-refractivity contribution in [2.75, 3.05) is 13.7 Å². The van der Waals surface area contributed by atoms with Crippen LogP contribution >= 0.6 is 12.4 Å². The number of ether oxygens (including phenoxy) is 2. The molecular weight excluding hydrogens is 374 g/mol. The van der Waals surface area contributed by atoms with E-state index in [9.17, 15) is 5.11 Å². The molecule has 1 unspecified atom stereocenters. The van der Waals surface area contributed by atoms with Crippen LogP contribution in [0.3, 0.4) is 0 Å². The molecule has 3 rings (SSSR count). The van der Waals surface area contributed by atoms with Gasteiger partial charge in [-0.05, 0) is 17.2 Å². The number of benzene rings is 3. The molecular formula is C23H26ClNO3. The van der Waals surface area contributed by atoms with Crippen LogP contribution in [0.2, 0.25) is 0 Å². The van der Waals surface area contributed by atoms with Crippen molar-refractivity contribution in [3.8, 4) is 11.5 Å². The minimum atomic E-state index is -0.550. The number of para-hydroxylation sites is 1. The second kappa shape index (κ2) is 11.3. The third kappa shape index (κ3) is 5.99. The standard InChI is InChI=1S/C23H25NO3.ClH/c1-26-22-14-8-13-20(23(22)27-17-18-9-4-2-5-10-18)15-24-16-21(25)19-11-6-3-7-12-19;/h2-14,21,24-25H,15-17H2,1H3;1H. The van der Waals surface area contributed by atoms with Gasteiger partial charge in [-0.1, -0.05) is 72.8 Å². The van der Waals surface area contributed by atoms with Gasteiger partial charge in [-0.3, -0.25) is 0 Å². The van der Waals surface area contributed by atoms with Gasteiger partial charge < -0.3 is 19.9 Å². The van der Waals surface area contributed by atoms with Crippen LogP contribution in [0.1, 0.15) is 22.8 Å². The molecule has 0 aliphatic heterocycles. The van der Waals surface area contributed by atoms with E-state index >= 15 is 0 Å². The molecule has 3 aromatic rings. The molecule has 2 N–H and O–H groups in total. The Kier molecular flexibility index (Phi) is 8.82. The van der Waals surface area contributed by atoms with Crippen LogP contribution in [0.15, 0.2) is 78.9 Å². The molecule has 4 nitrogen and oxygen atoms in total. The van der Waals surface area contributed by atoms with E-state index < -0.39 is 6.10 Å². The van der Waals surface area contributed by atoms with Crippen molar-refractivity contribution in [1.82, 2.24) is 5.32 Å². The molecule has 148 valence electrons. The maximum absolute atomic E-state index is 10.3. The molecule has 0 fully saturated rings. The van der Waals surface area contributed by atoms with Crippen molar-refractivity contribution in [2.24, 2.45) is 0 Å². The highest BCUT2D eigenvalue weighted by atomic mass is 35.5. The maximum Gasteiger partial charge on any atom is 0.166 e. The first-order chi connectivity index (χ1) is 13.3. The maximum atomic E-state index is 10.3. The van der Waals surface area contributed by atoms with Gasteiger partial charge in [-0.2, -0.15) is 0 Å². The summed E-state index contributed by atoms with van der Waals surface area (Å²) in [5, 5.41) is 13.6. The van der Waals surface area contributed by atoms with Gasteiger partial charge in [0, 0.05) is 18.7 Å². The summed E-state index contributed by atoms with van der Waals surface area (Å²) in [5.74, 6) is 1.43. The second-order valence-electron chi connectivity index (χ2n) is 6.28. The fourth-order valence-corrected chi connectivity index (χ4v) is 2.89. The van der Waals surface area contributed by atoms with Gasteiger partial charge in [-0.25, -0.2) is 0 Å². The molecule has 0 spiro atoms.